The van der Waals surface area contributed by atoms with Crippen molar-refractivity contribution in [2.75, 3.05) is 0 Å². The number of nitrogens with zero attached hydrogens (tertiary/aromatic N) is 3. The zero-order chi connectivity index (χ0) is 9.84. The van der Waals surface area contributed by atoms with Crippen molar-refractivity contribution in [2.24, 2.45) is 5.92 Å². The summed E-state index contributed by atoms with van der Waals surface area (Å²) in [7, 11) is 0. The van der Waals surface area contributed by atoms with E-state index in [1.165, 1.54) is 0 Å². The summed E-state index contributed by atoms with van der Waals surface area (Å²) < 4.78 is 1.59. The molecule has 2 atom stereocenters. The number of aromatic nitrogens is 3. The molecule has 0 amide bonds. The molecule has 0 spiro atoms. The van der Waals surface area contributed by atoms with Gasteiger partial charge < -0.3 is 5.11 Å². The Labute approximate surface area is 81.2 Å². The quantitative estimate of drug-likeness (QED) is 0.687. The van der Waals surface area contributed by atoms with Gasteiger partial charge in [0, 0.05) is 12.7 Å². The average molecular weight is 201 g/mol. The van der Waals surface area contributed by atoms with E-state index in [2.05, 4.69) is 22.9 Å². The van der Waals surface area contributed by atoms with E-state index in [9.17, 15) is 4.79 Å². The summed E-state index contributed by atoms with van der Waals surface area (Å²) >= 11 is 3.97. The van der Waals surface area contributed by atoms with Crippen LogP contribution >= 0.6 is 12.6 Å². The number of aliphatic carboxylic acids is 1. The van der Waals surface area contributed by atoms with Crippen LogP contribution in [0.5, 0.6) is 0 Å². The van der Waals surface area contributed by atoms with Crippen molar-refractivity contribution in [1.82, 2.24) is 15.0 Å². The van der Waals surface area contributed by atoms with Crippen molar-refractivity contribution in [3.8, 4) is 0 Å². The Morgan fingerprint density at radius 1 is 1.77 bits per heavy atom. The van der Waals surface area contributed by atoms with Gasteiger partial charge in [-0.3, -0.25) is 9.48 Å². The third kappa shape index (κ3) is 2.73. The van der Waals surface area contributed by atoms with E-state index in [1.54, 1.807) is 17.1 Å². The minimum Gasteiger partial charge on any atom is -0.480 e. The van der Waals surface area contributed by atoms with Crippen molar-refractivity contribution in [1.29, 1.82) is 0 Å². The van der Waals surface area contributed by atoms with Crippen LogP contribution in [0.3, 0.4) is 0 Å². The molecule has 1 aromatic rings. The van der Waals surface area contributed by atoms with Gasteiger partial charge in [-0.25, -0.2) is 0 Å². The molecule has 5 nitrogen and oxygen atoms in total. The van der Waals surface area contributed by atoms with E-state index in [0.717, 1.165) is 0 Å². The Hall–Kier alpha value is -1.04. The molecule has 0 bridgehead atoms. The second-order valence-corrected chi connectivity index (χ2v) is 3.44. The lowest BCUT2D eigenvalue weighted by Crippen LogP contribution is -2.25. The van der Waals surface area contributed by atoms with Crippen molar-refractivity contribution < 1.29 is 9.90 Å². The maximum absolute atomic E-state index is 10.5. The number of carboxylic acid groups (broad SMARTS) is 1. The summed E-state index contributed by atoms with van der Waals surface area (Å²) in [5.41, 5.74) is 0. The van der Waals surface area contributed by atoms with Gasteiger partial charge in [-0.15, -0.1) is 5.10 Å². The summed E-state index contributed by atoms with van der Waals surface area (Å²) in [6, 6.07) is 0. The zero-order valence-corrected chi connectivity index (χ0v) is 8.06. The maximum atomic E-state index is 10.5. The van der Waals surface area contributed by atoms with Crippen LogP contribution in [0.4, 0.5) is 0 Å². The van der Waals surface area contributed by atoms with E-state index >= 15 is 0 Å². The first-order chi connectivity index (χ1) is 6.11. The lowest BCUT2D eigenvalue weighted by atomic mass is 10.1. The van der Waals surface area contributed by atoms with Gasteiger partial charge in [-0.1, -0.05) is 12.1 Å². The molecule has 0 aliphatic rings. The monoisotopic (exact) mass is 201 g/mol. The molecular weight excluding hydrogens is 190 g/mol. The smallest absolute Gasteiger partial charge is 0.316 e. The maximum Gasteiger partial charge on any atom is 0.316 e. The minimum absolute atomic E-state index is 0.0810. The molecule has 0 radical (unpaired) electrons. The van der Waals surface area contributed by atoms with Crippen molar-refractivity contribution in [2.45, 2.75) is 18.7 Å². The largest absolute Gasteiger partial charge is 0.480 e. The molecule has 0 aromatic carbocycles. The topological polar surface area (TPSA) is 68.0 Å². The number of carbonyl (C=O) groups is 1. The highest BCUT2D eigenvalue weighted by Crippen LogP contribution is 2.11. The Morgan fingerprint density at radius 2 is 2.46 bits per heavy atom. The molecule has 2 unspecified atom stereocenters. The van der Waals surface area contributed by atoms with Crippen LogP contribution in [0.2, 0.25) is 0 Å². The third-order valence-corrected chi connectivity index (χ3v) is 2.47. The fourth-order valence-electron chi connectivity index (χ4n) is 0.968. The van der Waals surface area contributed by atoms with Crippen LogP contribution in [0, 0.1) is 5.92 Å². The minimum atomic E-state index is -0.907. The van der Waals surface area contributed by atoms with Crippen molar-refractivity contribution in [3.63, 3.8) is 0 Å². The molecule has 72 valence electrons. The van der Waals surface area contributed by atoms with E-state index in [0.29, 0.717) is 6.54 Å². The molecule has 0 fully saturated rings. The van der Waals surface area contributed by atoms with E-state index < -0.39 is 11.2 Å². The van der Waals surface area contributed by atoms with Crippen LogP contribution in [-0.2, 0) is 11.3 Å². The molecule has 1 heterocycles. The van der Waals surface area contributed by atoms with Gasteiger partial charge >= 0.3 is 5.97 Å². The molecule has 1 N–H and O–H groups in total. The number of hydrogen-bond acceptors (Lipinski definition) is 4. The molecule has 0 aliphatic carbocycles. The van der Waals surface area contributed by atoms with Gasteiger partial charge in [0.15, 0.2) is 0 Å². The fraction of sp³-hybridized carbons (Fsp3) is 0.571. The summed E-state index contributed by atoms with van der Waals surface area (Å²) in [4.78, 5) is 10.5. The summed E-state index contributed by atoms with van der Waals surface area (Å²) in [6.45, 7) is 2.33. The first kappa shape index (κ1) is 10.0. The SMILES string of the molecule is CC(Cn1ccnn1)C(S)C(=O)O. The lowest BCUT2D eigenvalue weighted by molar-refractivity contribution is -0.137. The first-order valence-electron chi connectivity index (χ1n) is 3.86. The highest BCUT2D eigenvalue weighted by molar-refractivity contribution is 7.81. The third-order valence-electron chi connectivity index (χ3n) is 1.74. The average Bonchev–Trinajstić information content (AvgIpc) is 2.55. The summed E-state index contributed by atoms with van der Waals surface area (Å²) in [5.74, 6) is -0.988. The summed E-state index contributed by atoms with van der Waals surface area (Å²) in [5, 5.41) is 15.4. The molecule has 6 heteroatoms. The van der Waals surface area contributed by atoms with Crippen LogP contribution in [0.15, 0.2) is 12.4 Å². The van der Waals surface area contributed by atoms with Crippen molar-refractivity contribution >= 4 is 18.6 Å². The second-order valence-electron chi connectivity index (χ2n) is 2.89. The molecule has 1 rings (SSSR count). The van der Waals surface area contributed by atoms with Crippen LogP contribution < -0.4 is 0 Å². The normalized spacial score (nSPS) is 15.2. The number of thiol groups is 1. The zero-order valence-electron chi connectivity index (χ0n) is 7.16. The van der Waals surface area contributed by atoms with Gasteiger partial charge in [0.25, 0.3) is 0 Å². The van der Waals surface area contributed by atoms with Gasteiger partial charge in [0.05, 0.1) is 6.20 Å². The van der Waals surface area contributed by atoms with Crippen LogP contribution in [-0.4, -0.2) is 31.3 Å². The Balaban J connectivity index is 2.50. The lowest BCUT2D eigenvalue weighted by Gasteiger charge is -2.14. The van der Waals surface area contributed by atoms with Gasteiger partial charge in [0.1, 0.15) is 5.25 Å². The predicted molar refractivity (Wildman–Crippen MR) is 49.6 cm³/mol. The Morgan fingerprint density at radius 3 is 2.92 bits per heavy atom. The van der Waals surface area contributed by atoms with Crippen LogP contribution in [0.25, 0.3) is 0 Å². The molecule has 0 aliphatic heterocycles. The van der Waals surface area contributed by atoms with Gasteiger partial charge in [0.2, 0.25) is 0 Å². The fourth-order valence-corrected chi connectivity index (χ4v) is 1.06. The number of carboxylic acids is 1. The Bertz CT molecular complexity index is 275. The molecule has 0 saturated carbocycles. The predicted octanol–water partition coefficient (Wildman–Crippen LogP) is 0.297. The second kappa shape index (κ2) is 4.27. The summed E-state index contributed by atoms with van der Waals surface area (Å²) in [6.07, 6.45) is 3.25. The molecule has 1 aromatic heterocycles. The number of hydrogen-bond donors (Lipinski definition) is 2. The molecule has 0 saturated heterocycles. The van der Waals surface area contributed by atoms with E-state index in [4.69, 9.17) is 5.11 Å². The van der Waals surface area contributed by atoms with Gasteiger partial charge in [-0.05, 0) is 5.92 Å². The highest BCUT2D eigenvalue weighted by Gasteiger charge is 2.20. The highest BCUT2D eigenvalue weighted by atomic mass is 32.1. The standard InChI is InChI=1S/C7H11N3O2S/c1-5(6(13)7(11)12)4-10-3-2-8-9-10/h2-3,5-6,13H,4H2,1H3,(H,11,12). The van der Waals surface area contributed by atoms with Gasteiger partial charge in [-0.2, -0.15) is 12.6 Å². The van der Waals surface area contributed by atoms with E-state index in [1.807, 2.05) is 6.92 Å². The van der Waals surface area contributed by atoms with E-state index in [-0.39, 0.29) is 5.92 Å². The van der Waals surface area contributed by atoms with Crippen molar-refractivity contribution in [3.05, 3.63) is 12.4 Å². The molecular formula is C7H11N3O2S. The molecule has 13 heavy (non-hydrogen) atoms. The Kier molecular flexibility index (Phi) is 3.30. The number of rotatable bonds is 4. The first-order valence-corrected chi connectivity index (χ1v) is 4.38. The van der Waals surface area contributed by atoms with Crippen LogP contribution in [0.1, 0.15) is 6.92 Å².